The summed E-state index contributed by atoms with van der Waals surface area (Å²) in [6, 6.07) is 1.88. The van der Waals surface area contributed by atoms with E-state index in [9.17, 15) is 4.79 Å². The van der Waals surface area contributed by atoms with Crippen LogP contribution in [0.3, 0.4) is 0 Å². The van der Waals surface area contributed by atoms with E-state index >= 15 is 0 Å². The molecular formula is C11H17N3O2. The van der Waals surface area contributed by atoms with Gasteiger partial charge in [-0.15, -0.1) is 0 Å². The second-order valence-corrected chi connectivity index (χ2v) is 4.22. The molecule has 1 aromatic heterocycles. The second-order valence-electron chi connectivity index (χ2n) is 4.22. The summed E-state index contributed by atoms with van der Waals surface area (Å²) in [4.78, 5) is 13.3. The first kappa shape index (κ1) is 11.1. The lowest BCUT2D eigenvalue weighted by Crippen LogP contribution is -2.40. The molecule has 0 aromatic carbocycles. The Labute approximate surface area is 94.4 Å². The zero-order chi connectivity index (χ0) is 11.4. The second kappa shape index (κ2) is 5.12. The van der Waals surface area contributed by atoms with Crippen molar-refractivity contribution in [1.82, 2.24) is 15.1 Å². The molecule has 1 aromatic rings. The summed E-state index contributed by atoms with van der Waals surface area (Å²) in [7, 11) is 2.11. The van der Waals surface area contributed by atoms with Crippen molar-refractivity contribution in [3.63, 3.8) is 0 Å². The van der Waals surface area contributed by atoms with E-state index in [0.717, 1.165) is 13.0 Å². The van der Waals surface area contributed by atoms with Crippen LogP contribution >= 0.6 is 0 Å². The zero-order valence-corrected chi connectivity index (χ0v) is 9.48. The van der Waals surface area contributed by atoms with Crippen LogP contribution in [-0.4, -0.2) is 41.3 Å². The van der Waals surface area contributed by atoms with Crippen molar-refractivity contribution in [2.75, 3.05) is 20.2 Å². The summed E-state index contributed by atoms with van der Waals surface area (Å²) in [5.74, 6) is 0.544. The molecule has 16 heavy (non-hydrogen) atoms. The van der Waals surface area contributed by atoms with E-state index in [0.29, 0.717) is 18.4 Å². The Bertz CT molecular complexity index is 391. The molecule has 2 heterocycles. The molecule has 1 unspecified atom stereocenters. The van der Waals surface area contributed by atoms with E-state index < -0.39 is 0 Å². The van der Waals surface area contributed by atoms with E-state index in [1.165, 1.54) is 25.1 Å². The third-order valence-electron chi connectivity index (χ3n) is 3.00. The van der Waals surface area contributed by atoms with Gasteiger partial charge in [0.2, 0.25) is 0 Å². The molecule has 5 nitrogen and oxygen atoms in total. The van der Waals surface area contributed by atoms with Gasteiger partial charge in [-0.3, -0.25) is 4.79 Å². The number of hydrogen-bond acceptors (Lipinski definition) is 4. The van der Waals surface area contributed by atoms with Crippen molar-refractivity contribution in [3.05, 3.63) is 22.6 Å². The highest BCUT2D eigenvalue weighted by Crippen LogP contribution is 2.16. The van der Waals surface area contributed by atoms with Gasteiger partial charge in [-0.2, -0.15) is 5.10 Å². The minimum atomic E-state index is -0.227. The first-order valence-corrected chi connectivity index (χ1v) is 5.63. The molecule has 5 heteroatoms. The Morgan fingerprint density at radius 1 is 1.62 bits per heavy atom. The molecule has 0 saturated carbocycles. The average Bonchev–Trinajstić information content (AvgIpc) is 2.28. The van der Waals surface area contributed by atoms with Gasteiger partial charge in [-0.25, -0.2) is 5.10 Å². The fourth-order valence-electron chi connectivity index (χ4n) is 1.98. The van der Waals surface area contributed by atoms with Crippen molar-refractivity contribution in [3.8, 4) is 5.75 Å². The fourth-order valence-corrected chi connectivity index (χ4v) is 1.98. The number of rotatable bonds is 3. The summed E-state index contributed by atoms with van der Waals surface area (Å²) >= 11 is 0. The fraction of sp³-hybridized carbons (Fsp3) is 0.636. The third kappa shape index (κ3) is 2.82. The summed E-state index contributed by atoms with van der Waals surface area (Å²) < 4.78 is 5.57. The average molecular weight is 223 g/mol. The van der Waals surface area contributed by atoms with E-state index in [1.807, 2.05) is 0 Å². The van der Waals surface area contributed by atoms with Crippen LogP contribution in [0.1, 0.15) is 19.3 Å². The number of nitrogens with one attached hydrogen (secondary N) is 1. The van der Waals surface area contributed by atoms with Crippen LogP contribution in [0, 0.1) is 0 Å². The van der Waals surface area contributed by atoms with Crippen LogP contribution in [-0.2, 0) is 0 Å². The van der Waals surface area contributed by atoms with Gasteiger partial charge in [-0.05, 0) is 26.4 Å². The molecule has 0 bridgehead atoms. The number of hydrogen-bond donors (Lipinski definition) is 1. The number of H-pyrrole nitrogens is 1. The van der Waals surface area contributed by atoms with Gasteiger partial charge in [0, 0.05) is 12.1 Å². The molecule has 0 amide bonds. The Morgan fingerprint density at radius 3 is 3.25 bits per heavy atom. The van der Waals surface area contributed by atoms with Gasteiger partial charge in [0.05, 0.1) is 6.20 Å². The molecule has 1 atom stereocenters. The SMILES string of the molecule is CN1CCCCC1COc1cn[nH]c(=O)c1. The lowest BCUT2D eigenvalue weighted by molar-refractivity contribution is 0.125. The van der Waals surface area contributed by atoms with Crippen molar-refractivity contribution in [2.24, 2.45) is 0 Å². The maximum atomic E-state index is 11.0. The van der Waals surface area contributed by atoms with Crippen LogP contribution in [0.4, 0.5) is 0 Å². The third-order valence-corrected chi connectivity index (χ3v) is 3.00. The minimum Gasteiger partial charge on any atom is -0.490 e. The molecule has 0 radical (unpaired) electrons. The predicted octanol–water partition coefficient (Wildman–Crippen LogP) is 0.633. The van der Waals surface area contributed by atoms with Crippen LogP contribution in [0.25, 0.3) is 0 Å². The van der Waals surface area contributed by atoms with Crippen LogP contribution < -0.4 is 10.3 Å². The van der Waals surface area contributed by atoms with Crippen molar-refractivity contribution in [1.29, 1.82) is 0 Å². The Hall–Kier alpha value is -1.36. The number of likely N-dealkylation sites (tertiary alicyclic amines) is 1. The number of aromatic nitrogens is 2. The molecular weight excluding hydrogens is 206 g/mol. The zero-order valence-electron chi connectivity index (χ0n) is 9.48. The van der Waals surface area contributed by atoms with E-state index in [-0.39, 0.29) is 5.56 Å². The topological polar surface area (TPSA) is 58.2 Å². The normalized spacial score (nSPS) is 21.9. The summed E-state index contributed by atoms with van der Waals surface area (Å²) in [6.45, 7) is 1.75. The molecule has 1 fully saturated rings. The smallest absolute Gasteiger partial charge is 0.267 e. The molecule has 0 spiro atoms. The first-order valence-electron chi connectivity index (χ1n) is 5.63. The lowest BCUT2D eigenvalue weighted by Gasteiger charge is -2.32. The number of likely N-dealkylation sites (N-methyl/N-ethyl adjacent to an activating group) is 1. The number of ether oxygens (including phenoxy) is 1. The minimum absolute atomic E-state index is 0.227. The van der Waals surface area contributed by atoms with Crippen LogP contribution in [0.2, 0.25) is 0 Å². The van der Waals surface area contributed by atoms with Crippen molar-refractivity contribution in [2.45, 2.75) is 25.3 Å². The monoisotopic (exact) mass is 223 g/mol. The van der Waals surface area contributed by atoms with E-state index in [4.69, 9.17) is 4.74 Å². The Balaban J connectivity index is 1.89. The van der Waals surface area contributed by atoms with Crippen LogP contribution in [0.5, 0.6) is 5.75 Å². The Morgan fingerprint density at radius 2 is 2.50 bits per heavy atom. The largest absolute Gasteiger partial charge is 0.490 e. The van der Waals surface area contributed by atoms with Gasteiger partial charge in [0.25, 0.3) is 5.56 Å². The van der Waals surface area contributed by atoms with E-state index in [2.05, 4.69) is 22.1 Å². The number of aromatic amines is 1. The van der Waals surface area contributed by atoms with Gasteiger partial charge in [0.15, 0.2) is 0 Å². The molecule has 0 aliphatic carbocycles. The molecule has 1 saturated heterocycles. The van der Waals surface area contributed by atoms with E-state index in [1.54, 1.807) is 0 Å². The number of nitrogens with zero attached hydrogens (tertiary/aromatic N) is 2. The quantitative estimate of drug-likeness (QED) is 0.816. The summed E-state index contributed by atoms with van der Waals surface area (Å²) in [5.41, 5.74) is -0.227. The van der Waals surface area contributed by atoms with Crippen LogP contribution in [0.15, 0.2) is 17.1 Å². The lowest BCUT2D eigenvalue weighted by atomic mass is 10.0. The van der Waals surface area contributed by atoms with Crippen molar-refractivity contribution >= 4 is 0 Å². The molecule has 1 N–H and O–H groups in total. The first-order chi connectivity index (χ1) is 7.75. The highest BCUT2D eigenvalue weighted by Gasteiger charge is 2.19. The van der Waals surface area contributed by atoms with Gasteiger partial charge in [-0.1, -0.05) is 6.42 Å². The highest BCUT2D eigenvalue weighted by molar-refractivity contribution is 5.13. The van der Waals surface area contributed by atoms with Crippen molar-refractivity contribution < 1.29 is 4.74 Å². The van der Waals surface area contributed by atoms with Gasteiger partial charge >= 0.3 is 0 Å². The summed E-state index contributed by atoms with van der Waals surface area (Å²) in [6.07, 6.45) is 5.21. The number of piperidine rings is 1. The standard InChI is InChI=1S/C11H17N3O2/c1-14-5-3-2-4-9(14)8-16-10-6-11(15)13-12-7-10/h6-7,9H,2-5,8H2,1H3,(H,13,15). The maximum absolute atomic E-state index is 11.0. The maximum Gasteiger partial charge on any atom is 0.267 e. The Kier molecular flexibility index (Phi) is 3.56. The van der Waals surface area contributed by atoms with Gasteiger partial charge < -0.3 is 9.64 Å². The van der Waals surface area contributed by atoms with Gasteiger partial charge in [0.1, 0.15) is 12.4 Å². The predicted molar refractivity (Wildman–Crippen MR) is 60.6 cm³/mol. The highest BCUT2D eigenvalue weighted by atomic mass is 16.5. The summed E-state index contributed by atoms with van der Waals surface area (Å²) in [5, 5.41) is 6.01. The molecule has 88 valence electrons. The molecule has 1 aliphatic rings. The molecule has 1 aliphatic heterocycles. The molecule has 2 rings (SSSR count).